The first kappa shape index (κ1) is 9.73. The molecule has 3 heteroatoms. The molecule has 16 heavy (non-hydrogen) atoms. The standard InChI is InChI=1S/C13H9BrNO/c1-16-8-5-6-9-10-3-2-4-11(14)13(10)15-12(9)7-8/h2-7H,1H3. The van der Waals surface area contributed by atoms with Gasteiger partial charge in [-0.3, -0.25) is 0 Å². The van der Waals surface area contributed by atoms with E-state index in [1.165, 1.54) is 5.56 Å². The van der Waals surface area contributed by atoms with E-state index >= 15 is 0 Å². The Balaban J connectivity index is 2.20. The van der Waals surface area contributed by atoms with E-state index in [1.54, 1.807) is 7.11 Å². The molecule has 2 aromatic rings. The lowest BCUT2D eigenvalue weighted by atomic mass is 10.1. The highest BCUT2D eigenvalue weighted by Crippen LogP contribution is 2.47. The lowest BCUT2D eigenvalue weighted by Gasteiger charge is -2.02. The van der Waals surface area contributed by atoms with Gasteiger partial charge in [-0.25, -0.2) is 5.32 Å². The molecule has 1 radical (unpaired) electrons. The summed E-state index contributed by atoms with van der Waals surface area (Å²) >= 11 is 3.52. The van der Waals surface area contributed by atoms with Crippen molar-refractivity contribution in [1.29, 1.82) is 0 Å². The van der Waals surface area contributed by atoms with Gasteiger partial charge in [-0.15, -0.1) is 0 Å². The van der Waals surface area contributed by atoms with Crippen molar-refractivity contribution in [2.75, 3.05) is 7.11 Å². The van der Waals surface area contributed by atoms with Crippen LogP contribution in [0.4, 0.5) is 11.4 Å². The monoisotopic (exact) mass is 274 g/mol. The van der Waals surface area contributed by atoms with E-state index in [2.05, 4.69) is 33.4 Å². The summed E-state index contributed by atoms with van der Waals surface area (Å²) in [4.78, 5) is 0. The van der Waals surface area contributed by atoms with Crippen molar-refractivity contribution in [3.63, 3.8) is 0 Å². The van der Waals surface area contributed by atoms with Crippen molar-refractivity contribution in [3.05, 3.63) is 40.9 Å². The Kier molecular flexibility index (Phi) is 2.14. The molecule has 3 rings (SSSR count). The van der Waals surface area contributed by atoms with E-state index in [-0.39, 0.29) is 0 Å². The van der Waals surface area contributed by atoms with Gasteiger partial charge in [-0.2, -0.15) is 0 Å². The van der Waals surface area contributed by atoms with Gasteiger partial charge in [-0.05, 0) is 34.1 Å². The number of nitrogens with zero attached hydrogens (tertiary/aromatic N) is 1. The molecule has 0 N–H and O–H groups in total. The first-order valence-electron chi connectivity index (χ1n) is 4.98. The summed E-state index contributed by atoms with van der Waals surface area (Å²) in [5, 5.41) is 4.60. The number of methoxy groups -OCH3 is 1. The number of hydrogen-bond acceptors (Lipinski definition) is 1. The normalized spacial score (nSPS) is 11.6. The molecule has 1 heterocycles. The molecule has 0 amide bonds. The number of fused-ring (bicyclic) bond motifs is 3. The molecule has 2 nitrogen and oxygen atoms in total. The van der Waals surface area contributed by atoms with Crippen molar-refractivity contribution in [2.24, 2.45) is 0 Å². The molecule has 0 unspecified atom stereocenters. The Morgan fingerprint density at radius 1 is 1.12 bits per heavy atom. The summed E-state index contributed by atoms with van der Waals surface area (Å²) in [6.45, 7) is 0. The molecule has 0 aliphatic carbocycles. The Labute approximate surface area is 102 Å². The van der Waals surface area contributed by atoms with Crippen LogP contribution in [0.5, 0.6) is 5.75 Å². The van der Waals surface area contributed by atoms with Crippen LogP contribution < -0.4 is 10.1 Å². The van der Waals surface area contributed by atoms with E-state index in [9.17, 15) is 0 Å². The second-order valence-corrected chi connectivity index (χ2v) is 4.49. The van der Waals surface area contributed by atoms with Crippen molar-refractivity contribution in [2.45, 2.75) is 0 Å². The Hall–Kier alpha value is -1.48. The van der Waals surface area contributed by atoms with Gasteiger partial charge in [0, 0.05) is 21.7 Å². The van der Waals surface area contributed by atoms with Gasteiger partial charge in [-0.1, -0.05) is 12.1 Å². The van der Waals surface area contributed by atoms with E-state index in [1.807, 2.05) is 24.3 Å². The molecule has 0 spiro atoms. The third kappa shape index (κ3) is 1.32. The number of hydrogen-bond donors (Lipinski definition) is 0. The van der Waals surface area contributed by atoms with Crippen molar-refractivity contribution in [1.82, 2.24) is 5.32 Å². The van der Waals surface area contributed by atoms with Gasteiger partial charge in [0.05, 0.1) is 18.5 Å². The van der Waals surface area contributed by atoms with Crippen LogP contribution in [-0.4, -0.2) is 7.11 Å². The summed E-state index contributed by atoms with van der Waals surface area (Å²) in [5.41, 5.74) is 4.32. The first-order valence-corrected chi connectivity index (χ1v) is 5.77. The number of ether oxygens (including phenoxy) is 1. The third-order valence-electron chi connectivity index (χ3n) is 2.71. The zero-order chi connectivity index (χ0) is 11.1. The average Bonchev–Trinajstić information content (AvgIpc) is 2.68. The summed E-state index contributed by atoms with van der Waals surface area (Å²) in [6, 6.07) is 12.1. The van der Waals surface area contributed by atoms with Crippen molar-refractivity contribution < 1.29 is 4.74 Å². The summed E-state index contributed by atoms with van der Waals surface area (Å²) in [5.74, 6) is 0.839. The zero-order valence-electron chi connectivity index (χ0n) is 8.70. The van der Waals surface area contributed by atoms with Crippen LogP contribution in [0.1, 0.15) is 0 Å². The van der Waals surface area contributed by atoms with Gasteiger partial charge >= 0.3 is 0 Å². The van der Waals surface area contributed by atoms with E-state index in [0.29, 0.717) is 0 Å². The number of halogens is 1. The molecule has 79 valence electrons. The maximum absolute atomic E-state index is 5.20. The fourth-order valence-electron chi connectivity index (χ4n) is 1.93. The smallest absolute Gasteiger partial charge is 0.121 e. The molecule has 0 saturated carbocycles. The first-order chi connectivity index (χ1) is 7.79. The molecule has 0 atom stereocenters. The predicted molar refractivity (Wildman–Crippen MR) is 67.6 cm³/mol. The highest BCUT2D eigenvalue weighted by Gasteiger charge is 2.21. The molecule has 0 saturated heterocycles. The molecular weight excluding hydrogens is 266 g/mol. The zero-order valence-corrected chi connectivity index (χ0v) is 10.3. The maximum Gasteiger partial charge on any atom is 0.121 e. The third-order valence-corrected chi connectivity index (χ3v) is 3.35. The van der Waals surface area contributed by atoms with Gasteiger partial charge in [0.15, 0.2) is 0 Å². The van der Waals surface area contributed by atoms with Crippen LogP contribution in [0.15, 0.2) is 40.9 Å². The van der Waals surface area contributed by atoms with E-state index < -0.39 is 0 Å². The Morgan fingerprint density at radius 3 is 2.81 bits per heavy atom. The lowest BCUT2D eigenvalue weighted by molar-refractivity contribution is 0.415. The van der Waals surface area contributed by atoms with E-state index in [4.69, 9.17) is 4.74 Å². The van der Waals surface area contributed by atoms with Crippen molar-refractivity contribution >= 4 is 27.3 Å². The van der Waals surface area contributed by atoms with Crippen LogP contribution >= 0.6 is 15.9 Å². The number of benzene rings is 2. The maximum atomic E-state index is 5.20. The largest absolute Gasteiger partial charge is 0.497 e. The topological polar surface area (TPSA) is 23.3 Å². The fraction of sp³-hybridized carbons (Fsp3) is 0.0769. The second kappa shape index (κ2) is 3.52. The minimum absolute atomic E-state index is 0.839. The second-order valence-electron chi connectivity index (χ2n) is 3.63. The number of rotatable bonds is 1. The summed E-state index contributed by atoms with van der Waals surface area (Å²) in [7, 11) is 1.67. The predicted octanol–water partition coefficient (Wildman–Crippen LogP) is 4.01. The molecule has 1 aliphatic heterocycles. The van der Waals surface area contributed by atoms with Crippen LogP contribution in [0.3, 0.4) is 0 Å². The van der Waals surface area contributed by atoms with Gasteiger partial charge in [0.1, 0.15) is 5.75 Å². The van der Waals surface area contributed by atoms with E-state index in [0.717, 1.165) is 27.2 Å². The quantitative estimate of drug-likeness (QED) is 0.658. The summed E-state index contributed by atoms with van der Waals surface area (Å²) < 4.78 is 6.22. The van der Waals surface area contributed by atoms with Crippen LogP contribution in [0.2, 0.25) is 0 Å². The lowest BCUT2D eigenvalue weighted by Crippen LogP contribution is -1.85. The molecule has 0 bridgehead atoms. The van der Waals surface area contributed by atoms with Crippen LogP contribution in [0.25, 0.3) is 11.1 Å². The number of para-hydroxylation sites is 1. The van der Waals surface area contributed by atoms with Crippen molar-refractivity contribution in [3.8, 4) is 16.9 Å². The van der Waals surface area contributed by atoms with Gasteiger partial charge in [0.2, 0.25) is 0 Å². The minimum Gasteiger partial charge on any atom is -0.497 e. The molecule has 2 aromatic carbocycles. The van der Waals surface area contributed by atoms with Crippen LogP contribution in [0, 0.1) is 0 Å². The highest BCUT2D eigenvalue weighted by molar-refractivity contribution is 9.10. The molecule has 0 aromatic heterocycles. The van der Waals surface area contributed by atoms with Gasteiger partial charge in [0.25, 0.3) is 0 Å². The average molecular weight is 275 g/mol. The SMILES string of the molecule is COc1ccc2c(c1)[N]c1c(Br)cccc1-2. The van der Waals surface area contributed by atoms with Crippen LogP contribution in [-0.2, 0) is 0 Å². The molecular formula is C13H9BrNO. The molecule has 0 fully saturated rings. The van der Waals surface area contributed by atoms with Gasteiger partial charge < -0.3 is 4.74 Å². The Morgan fingerprint density at radius 2 is 2.00 bits per heavy atom. The fourth-order valence-corrected chi connectivity index (χ4v) is 2.38. The summed E-state index contributed by atoms with van der Waals surface area (Å²) in [6.07, 6.45) is 0. The Bertz CT molecular complexity index is 566. The minimum atomic E-state index is 0.839. The highest BCUT2D eigenvalue weighted by atomic mass is 79.9. The molecule has 1 aliphatic rings.